The molecule has 4 rings (SSSR count). The van der Waals surface area contributed by atoms with E-state index in [1.165, 1.54) is 18.1 Å². The van der Waals surface area contributed by atoms with E-state index < -0.39 is 27.2 Å². The minimum atomic E-state index is -3.83. The van der Waals surface area contributed by atoms with E-state index in [2.05, 4.69) is 16.1 Å². The van der Waals surface area contributed by atoms with Crippen LogP contribution >= 0.6 is 0 Å². The van der Waals surface area contributed by atoms with E-state index in [4.69, 9.17) is 0 Å². The summed E-state index contributed by atoms with van der Waals surface area (Å²) in [6.07, 6.45) is 6.41. The molecule has 1 aromatic carbocycles. The van der Waals surface area contributed by atoms with Crippen molar-refractivity contribution in [3.8, 4) is 0 Å². The predicted octanol–water partition coefficient (Wildman–Crippen LogP) is 1.81. The summed E-state index contributed by atoms with van der Waals surface area (Å²) in [5.41, 5.74) is 5.09. The number of sulfonamides is 1. The molecule has 1 aromatic rings. The number of piperidine rings is 1. The third-order valence-electron chi connectivity index (χ3n) is 6.14. The molecular weight excluding hydrogens is 378 g/mol. The molecule has 152 valence electrons. The Kier molecular flexibility index (Phi) is 5.18. The molecule has 2 N–H and O–H groups in total. The lowest BCUT2D eigenvalue weighted by atomic mass is 9.98. The van der Waals surface area contributed by atoms with Crippen molar-refractivity contribution >= 4 is 27.6 Å². The number of nitrogens with one attached hydrogen (secondary N) is 2. The number of urea groups is 1. The molecule has 3 amide bonds. The van der Waals surface area contributed by atoms with Crippen LogP contribution in [0.3, 0.4) is 0 Å². The zero-order valence-corrected chi connectivity index (χ0v) is 17.0. The van der Waals surface area contributed by atoms with E-state index in [9.17, 15) is 18.0 Å². The minimum absolute atomic E-state index is 0.451. The standard InChI is InChI=1S/C20H27N3O4S/c1-13(24)23(20(25)22-28(26,27)16-8-10-21-11-9-16)19-17-6-2-4-14(17)12-15-5-3-7-18(15)19/h12,16,21H,2-11H2,1H3,(H,22,25). The Bertz CT molecular complexity index is 888. The van der Waals surface area contributed by atoms with Crippen LogP contribution in [0.1, 0.15) is 54.9 Å². The first-order valence-corrected chi connectivity index (χ1v) is 11.7. The van der Waals surface area contributed by atoms with Crippen molar-refractivity contribution in [1.82, 2.24) is 10.0 Å². The number of rotatable bonds is 3. The maximum Gasteiger partial charge on any atom is 0.342 e. The second-order valence-electron chi connectivity index (χ2n) is 7.96. The van der Waals surface area contributed by atoms with Crippen molar-refractivity contribution in [3.05, 3.63) is 28.3 Å². The van der Waals surface area contributed by atoms with Gasteiger partial charge in [0.25, 0.3) is 0 Å². The first-order valence-electron chi connectivity index (χ1n) is 10.1. The number of hydrogen-bond acceptors (Lipinski definition) is 5. The van der Waals surface area contributed by atoms with Crippen molar-refractivity contribution < 1.29 is 18.0 Å². The van der Waals surface area contributed by atoms with Gasteiger partial charge in [0.2, 0.25) is 15.9 Å². The fraction of sp³-hybridized carbons (Fsp3) is 0.600. The zero-order chi connectivity index (χ0) is 19.9. The third kappa shape index (κ3) is 3.43. The van der Waals surface area contributed by atoms with Crippen molar-refractivity contribution in [2.75, 3.05) is 18.0 Å². The number of imide groups is 1. The molecule has 0 spiro atoms. The van der Waals surface area contributed by atoms with Crippen LogP contribution in [0.2, 0.25) is 0 Å². The number of aryl methyl sites for hydroxylation is 2. The minimum Gasteiger partial charge on any atom is -0.317 e. The average molecular weight is 406 g/mol. The Labute approximate surface area is 165 Å². The molecule has 0 saturated carbocycles. The van der Waals surface area contributed by atoms with Crippen molar-refractivity contribution in [2.45, 2.75) is 63.5 Å². The third-order valence-corrected chi connectivity index (χ3v) is 7.95. The van der Waals surface area contributed by atoms with Crippen molar-refractivity contribution in [1.29, 1.82) is 0 Å². The van der Waals surface area contributed by atoms with Crippen molar-refractivity contribution in [2.24, 2.45) is 0 Å². The summed E-state index contributed by atoms with van der Waals surface area (Å²) in [4.78, 5) is 26.6. The normalized spacial score (nSPS) is 19.2. The lowest BCUT2D eigenvalue weighted by Gasteiger charge is -2.27. The summed E-state index contributed by atoms with van der Waals surface area (Å²) >= 11 is 0. The highest BCUT2D eigenvalue weighted by molar-refractivity contribution is 7.90. The molecule has 3 aliphatic rings. The number of hydrogen-bond donors (Lipinski definition) is 2. The van der Waals surface area contributed by atoms with Gasteiger partial charge in [-0.15, -0.1) is 0 Å². The van der Waals surface area contributed by atoms with Gasteiger partial charge in [0.15, 0.2) is 0 Å². The van der Waals surface area contributed by atoms with Crippen LogP contribution in [0.15, 0.2) is 6.07 Å². The van der Waals surface area contributed by atoms with Gasteiger partial charge in [0.05, 0.1) is 10.9 Å². The monoisotopic (exact) mass is 405 g/mol. The highest BCUT2D eigenvalue weighted by Crippen LogP contribution is 2.40. The summed E-state index contributed by atoms with van der Waals surface area (Å²) in [5, 5.41) is 2.51. The molecule has 0 unspecified atom stereocenters. The van der Waals surface area contributed by atoms with Crippen LogP contribution in [0, 0.1) is 0 Å². The Balaban J connectivity index is 1.69. The summed E-state index contributed by atoms with van der Waals surface area (Å²) in [7, 11) is -3.83. The number of benzene rings is 1. The topological polar surface area (TPSA) is 95.6 Å². The Morgan fingerprint density at radius 2 is 1.61 bits per heavy atom. The first kappa shape index (κ1) is 19.4. The summed E-state index contributed by atoms with van der Waals surface area (Å²) in [6, 6.07) is 1.37. The molecular formula is C20H27N3O4S. The maximum absolute atomic E-state index is 13.0. The fourth-order valence-electron chi connectivity index (χ4n) is 4.81. The van der Waals surface area contributed by atoms with E-state index in [-0.39, 0.29) is 0 Å². The molecule has 0 bridgehead atoms. The molecule has 1 aliphatic heterocycles. The highest BCUT2D eigenvalue weighted by atomic mass is 32.2. The quantitative estimate of drug-likeness (QED) is 0.800. The van der Waals surface area contributed by atoms with Crippen molar-refractivity contribution in [3.63, 3.8) is 0 Å². The average Bonchev–Trinajstić information content (AvgIpc) is 3.30. The second-order valence-corrected chi connectivity index (χ2v) is 9.92. The Hall–Kier alpha value is -1.93. The molecule has 2 aliphatic carbocycles. The van der Waals surface area contributed by atoms with Gasteiger partial charge >= 0.3 is 6.03 Å². The summed E-state index contributed by atoms with van der Waals surface area (Å²) in [6.45, 7) is 2.54. The molecule has 0 aromatic heterocycles. The van der Waals surface area contributed by atoms with Gasteiger partial charge in [0, 0.05) is 6.92 Å². The molecule has 1 heterocycles. The first-order chi connectivity index (χ1) is 13.4. The van der Waals surface area contributed by atoms with E-state index in [1.54, 1.807) is 0 Å². The molecule has 1 saturated heterocycles. The maximum atomic E-state index is 13.0. The number of carbonyl (C=O) groups is 2. The molecule has 8 heteroatoms. The fourth-order valence-corrected chi connectivity index (χ4v) is 6.17. The SMILES string of the molecule is CC(=O)N(C(=O)NS(=O)(=O)C1CCNCC1)c1c2c(cc3c1CCC3)CCC2. The van der Waals surface area contributed by atoms with Gasteiger partial charge in [0.1, 0.15) is 0 Å². The van der Waals surface area contributed by atoms with Gasteiger partial charge in [-0.2, -0.15) is 0 Å². The van der Waals surface area contributed by atoms with Crippen LogP contribution in [-0.4, -0.2) is 38.7 Å². The van der Waals surface area contributed by atoms with E-state index >= 15 is 0 Å². The van der Waals surface area contributed by atoms with Gasteiger partial charge in [-0.3, -0.25) is 4.79 Å². The van der Waals surface area contributed by atoms with Gasteiger partial charge < -0.3 is 5.32 Å². The molecule has 0 radical (unpaired) electrons. The highest BCUT2D eigenvalue weighted by Gasteiger charge is 2.35. The number of anilines is 1. The van der Waals surface area contributed by atoms with E-state index in [1.807, 2.05) is 0 Å². The van der Waals surface area contributed by atoms with Crippen LogP contribution in [0.5, 0.6) is 0 Å². The van der Waals surface area contributed by atoms with Crippen LogP contribution in [0.4, 0.5) is 10.5 Å². The second kappa shape index (κ2) is 7.48. The zero-order valence-electron chi connectivity index (χ0n) is 16.2. The molecule has 7 nitrogen and oxygen atoms in total. The largest absolute Gasteiger partial charge is 0.342 e. The summed E-state index contributed by atoms with van der Waals surface area (Å²) < 4.78 is 27.6. The number of fused-ring (bicyclic) bond motifs is 2. The van der Waals surface area contributed by atoms with Gasteiger partial charge in [-0.25, -0.2) is 22.8 Å². The number of nitrogens with zero attached hydrogens (tertiary/aromatic N) is 1. The van der Waals surface area contributed by atoms with Gasteiger partial charge in [-0.05, 0) is 86.7 Å². The smallest absolute Gasteiger partial charge is 0.317 e. The van der Waals surface area contributed by atoms with E-state index in [0.29, 0.717) is 31.6 Å². The lowest BCUT2D eigenvalue weighted by molar-refractivity contribution is -0.115. The molecule has 1 fully saturated rings. The van der Waals surface area contributed by atoms with Gasteiger partial charge in [-0.1, -0.05) is 6.07 Å². The number of amides is 3. The van der Waals surface area contributed by atoms with Crippen LogP contribution in [0.25, 0.3) is 0 Å². The van der Waals surface area contributed by atoms with Crippen LogP contribution in [-0.2, 0) is 40.5 Å². The Morgan fingerprint density at radius 3 is 2.14 bits per heavy atom. The van der Waals surface area contributed by atoms with Crippen LogP contribution < -0.4 is 14.9 Å². The molecule has 28 heavy (non-hydrogen) atoms. The molecule has 0 atom stereocenters. The Morgan fingerprint density at radius 1 is 1.04 bits per heavy atom. The number of carbonyl (C=O) groups excluding carboxylic acids is 2. The van der Waals surface area contributed by atoms with E-state index in [0.717, 1.165) is 54.6 Å². The predicted molar refractivity (Wildman–Crippen MR) is 107 cm³/mol. The lowest BCUT2D eigenvalue weighted by Crippen LogP contribution is -2.50. The summed E-state index contributed by atoms with van der Waals surface area (Å²) in [5.74, 6) is -0.451.